The Labute approximate surface area is 153 Å². The number of aromatic amines is 1. The summed E-state index contributed by atoms with van der Waals surface area (Å²) in [5.41, 5.74) is 3.77. The maximum Gasteiger partial charge on any atom is 0.123 e. The van der Waals surface area contributed by atoms with Gasteiger partial charge in [0.1, 0.15) is 17.3 Å². The highest BCUT2D eigenvalue weighted by atomic mass is 35.5. The molecule has 1 fully saturated rings. The van der Waals surface area contributed by atoms with Gasteiger partial charge in [-0.2, -0.15) is 0 Å². The van der Waals surface area contributed by atoms with Crippen LogP contribution in [0.1, 0.15) is 38.4 Å². The molecule has 4 rings (SSSR count). The lowest BCUT2D eigenvalue weighted by atomic mass is 9.88. The van der Waals surface area contributed by atoms with Crippen molar-refractivity contribution in [3.63, 3.8) is 0 Å². The van der Waals surface area contributed by atoms with Crippen molar-refractivity contribution in [2.24, 2.45) is 0 Å². The highest BCUT2D eigenvalue weighted by Crippen LogP contribution is 2.34. The van der Waals surface area contributed by atoms with Crippen LogP contribution in [0.25, 0.3) is 22.5 Å². The van der Waals surface area contributed by atoms with E-state index in [4.69, 9.17) is 0 Å². The van der Waals surface area contributed by atoms with Gasteiger partial charge in [0.05, 0.1) is 11.9 Å². The van der Waals surface area contributed by atoms with E-state index in [1.807, 2.05) is 12.4 Å². The normalized spacial score (nSPS) is 23.4. The van der Waals surface area contributed by atoms with Crippen LogP contribution in [0.15, 0.2) is 36.7 Å². The molecule has 0 aromatic heterocycles. The zero-order chi connectivity index (χ0) is 16.7. The number of rotatable bonds is 2. The SMILES string of the molecule is CC1CC(c2ncc3ncc(-c4ccc(F)cc4)c-3[nH]2)CC(C)N1.Cl. The lowest BCUT2D eigenvalue weighted by molar-refractivity contribution is 0.309. The summed E-state index contributed by atoms with van der Waals surface area (Å²) in [5.74, 6) is 1.20. The third-order valence-electron chi connectivity index (χ3n) is 4.82. The monoisotopic (exact) mass is 360 g/mol. The second kappa shape index (κ2) is 7.10. The van der Waals surface area contributed by atoms with Gasteiger partial charge in [-0.15, -0.1) is 12.4 Å². The molecule has 0 radical (unpaired) electrons. The summed E-state index contributed by atoms with van der Waals surface area (Å²) in [5, 5.41) is 3.56. The molecule has 3 aliphatic heterocycles. The van der Waals surface area contributed by atoms with E-state index in [0.29, 0.717) is 18.0 Å². The fourth-order valence-corrected chi connectivity index (χ4v) is 3.77. The number of fused-ring (bicyclic) bond motifs is 1. The zero-order valence-electron chi connectivity index (χ0n) is 14.3. The van der Waals surface area contributed by atoms with Crippen LogP contribution in [0.5, 0.6) is 0 Å². The molecular weight excluding hydrogens is 339 g/mol. The van der Waals surface area contributed by atoms with Gasteiger partial charge in [0.2, 0.25) is 0 Å². The quantitative estimate of drug-likeness (QED) is 0.713. The molecule has 25 heavy (non-hydrogen) atoms. The van der Waals surface area contributed by atoms with Crippen LogP contribution in [0, 0.1) is 5.82 Å². The number of aromatic nitrogens is 3. The van der Waals surface area contributed by atoms with Crippen LogP contribution in [0.4, 0.5) is 4.39 Å². The Kier molecular flexibility index (Phi) is 5.06. The van der Waals surface area contributed by atoms with Crippen LogP contribution >= 0.6 is 12.4 Å². The molecular formula is C19H22ClFN4. The van der Waals surface area contributed by atoms with Crippen molar-refractivity contribution in [3.8, 4) is 22.5 Å². The van der Waals surface area contributed by atoms with Gasteiger partial charge in [-0.1, -0.05) is 12.1 Å². The molecule has 0 amide bonds. The summed E-state index contributed by atoms with van der Waals surface area (Å²) in [7, 11) is 0. The van der Waals surface area contributed by atoms with Crippen LogP contribution in [-0.2, 0) is 0 Å². The smallest absolute Gasteiger partial charge is 0.123 e. The Hall–Kier alpha value is -1.98. The number of H-pyrrole nitrogens is 1. The minimum atomic E-state index is -0.230. The fourth-order valence-electron chi connectivity index (χ4n) is 3.77. The second-order valence-electron chi connectivity index (χ2n) is 6.84. The summed E-state index contributed by atoms with van der Waals surface area (Å²) in [6.45, 7) is 4.43. The molecule has 0 spiro atoms. The van der Waals surface area contributed by atoms with Crippen molar-refractivity contribution in [1.82, 2.24) is 20.3 Å². The van der Waals surface area contributed by atoms with Gasteiger partial charge in [-0.25, -0.2) is 9.37 Å². The average Bonchev–Trinajstić information content (AvgIpc) is 2.98. The summed E-state index contributed by atoms with van der Waals surface area (Å²) in [4.78, 5) is 12.6. The lowest BCUT2D eigenvalue weighted by Gasteiger charge is -2.32. The van der Waals surface area contributed by atoms with E-state index in [1.54, 1.807) is 12.1 Å². The number of benzene rings is 1. The Morgan fingerprint density at radius 3 is 2.36 bits per heavy atom. The summed E-state index contributed by atoms with van der Waals surface area (Å²) in [6, 6.07) is 7.50. The minimum absolute atomic E-state index is 0. The standard InChI is InChI=1S/C19H21FN4.ClH/c1-11-7-14(8-12(2)23-11)19-22-10-17-18(24-19)16(9-21-17)13-3-5-15(20)6-4-13;/h3-6,9-12,14,23H,7-8H2,1-2H3,(H,22,24);1H. The molecule has 4 nitrogen and oxygen atoms in total. The third kappa shape index (κ3) is 3.53. The molecule has 132 valence electrons. The van der Waals surface area contributed by atoms with Gasteiger partial charge >= 0.3 is 0 Å². The van der Waals surface area contributed by atoms with Crippen molar-refractivity contribution >= 4 is 12.4 Å². The maximum absolute atomic E-state index is 13.2. The van der Waals surface area contributed by atoms with Crippen molar-refractivity contribution in [2.45, 2.75) is 44.7 Å². The molecule has 0 aliphatic carbocycles. The number of halogens is 2. The van der Waals surface area contributed by atoms with E-state index in [0.717, 1.165) is 41.2 Å². The molecule has 2 atom stereocenters. The highest BCUT2D eigenvalue weighted by Gasteiger charge is 2.27. The van der Waals surface area contributed by atoms with Crippen molar-refractivity contribution in [1.29, 1.82) is 0 Å². The molecule has 0 bridgehead atoms. The van der Waals surface area contributed by atoms with E-state index in [1.165, 1.54) is 12.1 Å². The zero-order valence-corrected chi connectivity index (χ0v) is 15.1. The van der Waals surface area contributed by atoms with Gasteiger partial charge in [0.25, 0.3) is 0 Å². The Morgan fingerprint density at radius 1 is 1.00 bits per heavy atom. The van der Waals surface area contributed by atoms with Gasteiger partial charge in [-0.3, -0.25) is 4.98 Å². The number of nitrogens with one attached hydrogen (secondary N) is 2. The van der Waals surface area contributed by atoms with E-state index in [-0.39, 0.29) is 18.2 Å². The van der Waals surface area contributed by atoms with Gasteiger partial charge in [0.15, 0.2) is 0 Å². The highest BCUT2D eigenvalue weighted by molar-refractivity contribution is 5.85. The lowest BCUT2D eigenvalue weighted by Crippen LogP contribution is -2.41. The Bertz CT molecular complexity index is 807. The molecule has 1 saturated heterocycles. The summed E-state index contributed by atoms with van der Waals surface area (Å²) >= 11 is 0. The minimum Gasteiger partial charge on any atom is -0.341 e. The van der Waals surface area contributed by atoms with Gasteiger partial charge in [0, 0.05) is 29.8 Å². The van der Waals surface area contributed by atoms with Crippen LogP contribution in [-0.4, -0.2) is 27.0 Å². The largest absolute Gasteiger partial charge is 0.341 e. The molecule has 3 aliphatic rings. The number of hydrogen-bond acceptors (Lipinski definition) is 3. The Morgan fingerprint density at radius 2 is 1.68 bits per heavy atom. The first kappa shape index (κ1) is 17.8. The number of nitrogens with zero attached hydrogens (tertiary/aromatic N) is 2. The Balaban J connectivity index is 0.00000182. The molecule has 1 aromatic rings. The van der Waals surface area contributed by atoms with E-state index in [9.17, 15) is 4.39 Å². The van der Waals surface area contributed by atoms with Gasteiger partial charge < -0.3 is 10.3 Å². The molecule has 2 unspecified atom stereocenters. The molecule has 1 aromatic carbocycles. The predicted octanol–water partition coefficient (Wildman–Crippen LogP) is 4.38. The van der Waals surface area contributed by atoms with Crippen LogP contribution < -0.4 is 5.32 Å². The average molecular weight is 361 g/mol. The number of hydrogen-bond donors (Lipinski definition) is 2. The molecule has 0 saturated carbocycles. The van der Waals surface area contributed by atoms with Crippen molar-refractivity contribution < 1.29 is 4.39 Å². The van der Waals surface area contributed by atoms with Crippen molar-refractivity contribution in [2.75, 3.05) is 0 Å². The van der Waals surface area contributed by atoms with E-state index >= 15 is 0 Å². The molecule has 2 N–H and O–H groups in total. The maximum atomic E-state index is 13.2. The second-order valence-corrected chi connectivity index (χ2v) is 6.84. The van der Waals surface area contributed by atoms with Crippen LogP contribution in [0.2, 0.25) is 0 Å². The van der Waals surface area contributed by atoms with Crippen LogP contribution in [0.3, 0.4) is 0 Å². The molecule has 3 heterocycles. The van der Waals surface area contributed by atoms with E-state index in [2.05, 4.69) is 34.1 Å². The van der Waals surface area contributed by atoms with Gasteiger partial charge in [-0.05, 0) is 44.4 Å². The van der Waals surface area contributed by atoms with Crippen molar-refractivity contribution in [3.05, 3.63) is 48.3 Å². The first-order valence-electron chi connectivity index (χ1n) is 8.46. The first-order valence-corrected chi connectivity index (χ1v) is 8.46. The third-order valence-corrected chi connectivity index (χ3v) is 4.82. The topological polar surface area (TPSA) is 53.6 Å². The predicted molar refractivity (Wildman–Crippen MR) is 99.7 cm³/mol. The fraction of sp³-hybridized carbons (Fsp3) is 0.368. The summed E-state index contributed by atoms with van der Waals surface area (Å²) < 4.78 is 13.2. The first-order chi connectivity index (χ1) is 11.6. The van der Waals surface area contributed by atoms with E-state index < -0.39 is 0 Å². The molecule has 6 heteroatoms. The summed E-state index contributed by atoms with van der Waals surface area (Å²) in [6.07, 6.45) is 5.80. The number of piperidine rings is 1.